The van der Waals surface area contributed by atoms with Gasteiger partial charge < -0.3 is 19.7 Å². The molecule has 7 nitrogen and oxygen atoms in total. The molecule has 0 bridgehead atoms. The Labute approximate surface area is 158 Å². The molecular weight excluding hydrogens is 352 g/mol. The summed E-state index contributed by atoms with van der Waals surface area (Å²) >= 11 is 1.61. The SMILES string of the molecule is CNC(C(=O)N(C)Cc1cc(OC)c(OC)cc1SC)c1cnn(C)c1. The van der Waals surface area contributed by atoms with Crippen LogP contribution in [-0.2, 0) is 18.4 Å². The van der Waals surface area contributed by atoms with E-state index in [1.807, 2.05) is 31.6 Å². The number of benzene rings is 1. The van der Waals surface area contributed by atoms with Gasteiger partial charge in [0.1, 0.15) is 6.04 Å². The fourth-order valence-electron chi connectivity index (χ4n) is 2.79. The van der Waals surface area contributed by atoms with Gasteiger partial charge in [0.25, 0.3) is 0 Å². The zero-order chi connectivity index (χ0) is 19.3. The van der Waals surface area contributed by atoms with Crippen LogP contribution < -0.4 is 14.8 Å². The Bertz CT molecular complexity index is 763. The second-order valence-corrected chi connectivity index (χ2v) is 6.73. The third-order valence-electron chi connectivity index (χ3n) is 4.16. The predicted molar refractivity (Wildman–Crippen MR) is 103 cm³/mol. The third-order valence-corrected chi connectivity index (χ3v) is 4.98. The third kappa shape index (κ3) is 4.31. The largest absolute Gasteiger partial charge is 0.493 e. The van der Waals surface area contributed by atoms with Gasteiger partial charge in [-0.15, -0.1) is 11.8 Å². The van der Waals surface area contributed by atoms with Crippen LogP contribution in [0.4, 0.5) is 0 Å². The molecule has 0 saturated heterocycles. The van der Waals surface area contributed by atoms with E-state index in [1.54, 1.807) is 55.9 Å². The summed E-state index contributed by atoms with van der Waals surface area (Å²) in [5, 5.41) is 7.23. The van der Waals surface area contributed by atoms with Crippen molar-refractivity contribution < 1.29 is 14.3 Å². The molecule has 26 heavy (non-hydrogen) atoms. The average Bonchev–Trinajstić information content (AvgIpc) is 3.07. The van der Waals surface area contributed by atoms with E-state index in [9.17, 15) is 4.79 Å². The Hall–Kier alpha value is -2.19. The van der Waals surface area contributed by atoms with Gasteiger partial charge in [0, 0.05) is 37.3 Å². The molecule has 0 radical (unpaired) electrons. The number of nitrogens with one attached hydrogen (secondary N) is 1. The number of amides is 1. The highest BCUT2D eigenvalue weighted by atomic mass is 32.2. The minimum absolute atomic E-state index is 0.0256. The maximum absolute atomic E-state index is 12.9. The highest BCUT2D eigenvalue weighted by Gasteiger charge is 2.24. The minimum Gasteiger partial charge on any atom is -0.493 e. The molecule has 0 saturated carbocycles. The Morgan fingerprint density at radius 3 is 2.50 bits per heavy atom. The first-order valence-electron chi connectivity index (χ1n) is 8.14. The van der Waals surface area contributed by atoms with Gasteiger partial charge in [0.15, 0.2) is 11.5 Å². The number of carbonyl (C=O) groups is 1. The highest BCUT2D eigenvalue weighted by Crippen LogP contribution is 2.35. The van der Waals surface area contributed by atoms with E-state index in [2.05, 4.69) is 10.4 Å². The predicted octanol–water partition coefficient (Wildman–Crippen LogP) is 2.08. The highest BCUT2D eigenvalue weighted by molar-refractivity contribution is 7.98. The zero-order valence-electron chi connectivity index (χ0n) is 16.1. The van der Waals surface area contributed by atoms with E-state index < -0.39 is 6.04 Å². The van der Waals surface area contributed by atoms with E-state index in [0.717, 1.165) is 16.0 Å². The lowest BCUT2D eigenvalue weighted by Gasteiger charge is -2.24. The molecule has 1 aromatic carbocycles. The van der Waals surface area contributed by atoms with Crippen molar-refractivity contribution in [1.29, 1.82) is 0 Å². The van der Waals surface area contributed by atoms with Crippen LogP contribution in [0.3, 0.4) is 0 Å². The summed E-state index contributed by atoms with van der Waals surface area (Å²) in [5.74, 6) is 1.30. The van der Waals surface area contributed by atoms with Crippen molar-refractivity contribution in [3.63, 3.8) is 0 Å². The molecule has 2 rings (SSSR count). The monoisotopic (exact) mass is 378 g/mol. The number of rotatable bonds is 8. The van der Waals surface area contributed by atoms with Crippen LogP contribution in [0, 0.1) is 0 Å². The number of hydrogen-bond acceptors (Lipinski definition) is 6. The summed E-state index contributed by atoms with van der Waals surface area (Å²) in [7, 11) is 8.62. The summed E-state index contributed by atoms with van der Waals surface area (Å²) in [6.07, 6.45) is 5.55. The first-order valence-corrected chi connectivity index (χ1v) is 9.37. The van der Waals surface area contributed by atoms with Crippen molar-refractivity contribution >= 4 is 17.7 Å². The number of methoxy groups -OCH3 is 2. The zero-order valence-corrected chi connectivity index (χ0v) is 16.9. The van der Waals surface area contributed by atoms with E-state index >= 15 is 0 Å². The Morgan fingerprint density at radius 2 is 2.00 bits per heavy atom. The van der Waals surface area contributed by atoms with Crippen LogP contribution in [-0.4, -0.2) is 55.2 Å². The molecule has 1 aromatic heterocycles. The Balaban J connectivity index is 2.25. The molecule has 1 amide bonds. The summed E-state index contributed by atoms with van der Waals surface area (Å²) in [6, 6.07) is 3.42. The van der Waals surface area contributed by atoms with E-state index in [1.165, 1.54) is 0 Å². The molecule has 1 heterocycles. The summed E-state index contributed by atoms with van der Waals surface area (Å²) in [5.41, 5.74) is 1.84. The molecule has 1 atom stereocenters. The minimum atomic E-state index is -0.438. The van der Waals surface area contributed by atoms with Gasteiger partial charge in [-0.25, -0.2) is 0 Å². The number of likely N-dealkylation sites (N-methyl/N-ethyl adjacent to an activating group) is 2. The topological polar surface area (TPSA) is 68.6 Å². The fraction of sp³-hybridized carbons (Fsp3) is 0.444. The number of aryl methyl sites for hydroxylation is 1. The number of hydrogen-bond donors (Lipinski definition) is 1. The number of carbonyl (C=O) groups excluding carboxylic acids is 1. The molecular formula is C18H26N4O3S. The molecule has 0 aliphatic carbocycles. The second-order valence-electron chi connectivity index (χ2n) is 5.88. The molecule has 0 spiro atoms. The Kier molecular flexibility index (Phi) is 6.93. The van der Waals surface area contributed by atoms with Gasteiger partial charge in [0.2, 0.25) is 5.91 Å². The molecule has 8 heteroatoms. The van der Waals surface area contributed by atoms with Crippen LogP contribution in [0.15, 0.2) is 29.4 Å². The van der Waals surface area contributed by atoms with Crippen molar-refractivity contribution in [2.24, 2.45) is 7.05 Å². The smallest absolute Gasteiger partial charge is 0.244 e. The van der Waals surface area contributed by atoms with Crippen molar-refractivity contribution in [3.8, 4) is 11.5 Å². The maximum atomic E-state index is 12.9. The van der Waals surface area contributed by atoms with E-state index in [4.69, 9.17) is 9.47 Å². The van der Waals surface area contributed by atoms with Gasteiger partial charge in [-0.2, -0.15) is 5.10 Å². The molecule has 2 aromatic rings. The van der Waals surface area contributed by atoms with Crippen molar-refractivity contribution in [2.45, 2.75) is 17.5 Å². The van der Waals surface area contributed by atoms with E-state index in [0.29, 0.717) is 18.0 Å². The van der Waals surface area contributed by atoms with Gasteiger partial charge in [-0.3, -0.25) is 9.48 Å². The first-order chi connectivity index (χ1) is 12.4. The van der Waals surface area contributed by atoms with Crippen molar-refractivity contribution in [3.05, 3.63) is 35.7 Å². The first kappa shape index (κ1) is 20.1. The number of aromatic nitrogens is 2. The normalized spacial score (nSPS) is 11.9. The Morgan fingerprint density at radius 1 is 1.35 bits per heavy atom. The summed E-state index contributed by atoms with van der Waals surface area (Å²) < 4.78 is 12.4. The molecule has 0 aliphatic heterocycles. The standard InChI is InChI=1S/C18H26N4O3S/c1-19-17(13-9-20-22(3)11-13)18(23)21(2)10-12-7-14(24-4)15(25-5)8-16(12)26-6/h7-9,11,17,19H,10H2,1-6H3. The number of nitrogens with zero attached hydrogens (tertiary/aromatic N) is 3. The fourth-order valence-corrected chi connectivity index (χ4v) is 3.40. The molecule has 1 unspecified atom stereocenters. The molecule has 0 fully saturated rings. The molecule has 142 valence electrons. The maximum Gasteiger partial charge on any atom is 0.244 e. The van der Waals surface area contributed by atoms with Crippen LogP contribution in [0.5, 0.6) is 11.5 Å². The lowest BCUT2D eigenvalue weighted by Crippen LogP contribution is -2.37. The van der Waals surface area contributed by atoms with E-state index in [-0.39, 0.29) is 5.91 Å². The van der Waals surface area contributed by atoms with Crippen LogP contribution in [0.2, 0.25) is 0 Å². The average molecular weight is 378 g/mol. The number of thioether (sulfide) groups is 1. The van der Waals surface area contributed by atoms with Gasteiger partial charge in [-0.05, 0) is 31.0 Å². The van der Waals surface area contributed by atoms with Gasteiger partial charge in [0.05, 0.1) is 20.4 Å². The van der Waals surface area contributed by atoms with Gasteiger partial charge >= 0.3 is 0 Å². The van der Waals surface area contributed by atoms with Crippen LogP contribution in [0.1, 0.15) is 17.2 Å². The van der Waals surface area contributed by atoms with Crippen LogP contribution in [0.25, 0.3) is 0 Å². The van der Waals surface area contributed by atoms with Crippen molar-refractivity contribution in [1.82, 2.24) is 20.0 Å². The van der Waals surface area contributed by atoms with Gasteiger partial charge in [-0.1, -0.05) is 0 Å². The lowest BCUT2D eigenvalue weighted by molar-refractivity contribution is -0.132. The lowest BCUT2D eigenvalue weighted by atomic mass is 10.1. The molecule has 1 N–H and O–H groups in total. The number of ether oxygens (including phenoxy) is 2. The van der Waals surface area contributed by atoms with Crippen molar-refractivity contribution in [2.75, 3.05) is 34.6 Å². The summed E-state index contributed by atoms with van der Waals surface area (Å²) in [6.45, 7) is 0.466. The quantitative estimate of drug-likeness (QED) is 0.710. The second kappa shape index (κ2) is 8.95. The molecule has 0 aliphatic rings. The van der Waals surface area contributed by atoms with Crippen LogP contribution >= 0.6 is 11.8 Å². The summed E-state index contributed by atoms with van der Waals surface area (Å²) in [4.78, 5) is 15.7.